The van der Waals surface area contributed by atoms with Gasteiger partial charge in [0.2, 0.25) is 0 Å². The number of halogens is 1. The zero-order chi connectivity index (χ0) is 15.3. The summed E-state index contributed by atoms with van der Waals surface area (Å²) >= 11 is 0. The zero-order valence-electron chi connectivity index (χ0n) is 12.5. The highest BCUT2D eigenvalue weighted by Gasteiger charge is 2.40. The van der Waals surface area contributed by atoms with Crippen LogP contribution in [0.15, 0.2) is 22.6 Å². The summed E-state index contributed by atoms with van der Waals surface area (Å²) < 4.78 is 24.9. The highest BCUT2D eigenvalue weighted by Crippen LogP contribution is 2.33. The third-order valence-electron chi connectivity index (χ3n) is 4.84. The number of carbonyl (C=O) groups is 1. The molecule has 1 aliphatic heterocycles. The summed E-state index contributed by atoms with van der Waals surface area (Å²) in [4.78, 5) is 14.8. The van der Waals surface area contributed by atoms with Gasteiger partial charge in [-0.3, -0.25) is 4.79 Å². The average molecular weight is 303 g/mol. The van der Waals surface area contributed by atoms with Crippen LogP contribution in [0.4, 0.5) is 4.39 Å². The van der Waals surface area contributed by atoms with Crippen molar-refractivity contribution in [3.8, 4) is 0 Å². The molecule has 1 saturated carbocycles. The number of aryl methyl sites for hydroxylation is 1. The Balaban J connectivity index is 1.72. The van der Waals surface area contributed by atoms with Crippen molar-refractivity contribution in [3.63, 3.8) is 0 Å². The van der Waals surface area contributed by atoms with E-state index >= 15 is 0 Å². The molecule has 2 aromatic rings. The van der Waals surface area contributed by atoms with Crippen LogP contribution in [0.2, 0.25) is 0 Å². The molecule has 1 aromatic carbocycles. The van der Waals surface area contributed by atoms with Crippen LogP contribution in [0.1, 0.15) is 35.4 Å². The minimum Gasteiger partial charge on any atom is -0.451 e. The van der Waals surface area contributed by atoms with E-state index < -0.39 is 0 Å². The van der Waals surface area contributed by atoms with E-state index in [4.69, 9.17) is 9.15 Å². The Morgan fingerprint density at radius 2 is 2.23 bits per heavy atom. The van der Waals surface area contributed by atoms with Gasteiger partial charge in [0.05, 0.1) is 18.8 Å². The number of carbonyl (C=O) groups excluding carboxylic acids is 1. The minimum atomic E-state index is -0.322. The van der Waals surface area contributed by atoms with Crippen LogP contribution in [-0.4, -0.2) is 36.1 Å². The summed E-state index contributed by atoms with van der Waals surface area (Å²) in [6.45, 7) is 2.97. The monoisotopic (exact) mass is 303 g/mol. The van der Waals surface area contributed by atoms with Crippen LogP contribution in [0.3, 0.4) is 0 Å². The van der Waals surface area contributed by atoms with Gasteiger partial charge < -0.3 is 14.1 Å². The van der Waals surface area contributed by atoms with Gasteiger partial charge in [-0.2, -0.15) is 0 Å². The molecule has 1 aromatic heterocycles. The lowest BCUT2D eigenvalue weighted by atomic mass is 10.1. The van der Waals surface area contributed by atoms with Gasteiger partial charge in [0.1, 0.15) is 11.4 Å². The molecule has 116 valence electrons. The van der Waals surface area contributed by atoms with E-state index in [1.54, 1.807) is 6.07 Å². The maximum atomic E-state index is 13.4. The van der Waals surface area contributed by atoms with Gasteiger partial charge in [-0.25, -0.2) is 4.39 Å². The second-order valence-electron chi connectivity index (χ2n) is 6.10. The maximum absolute atomic E-state index is 13.4. The van der Waals surface area contributed by atoms with Gasteiger partial charge >= 0.3 is 0 Å². The third kappa shape index (κ3) is 2.03. The summed E-state index contributed by atoms with van der Waals surface area (Å²) in [5.41, 5.74) is 1.26. The largest absolute Gasteiger partial charge is 0.451 e. The normalized spacial score (nSPS) is 24.7. The number of hydrogen-bond acceptors (Lipinski definition) is 3. The van der Waals surface area contributed by atoms with Gasteiger partial charge in [0.25, 0.3) is 5.91 Å². The minimum absolute atomic E-state index is 0.102. The molecule has 0 radical (unpaired) electrons. The highest BCUT2D eigenvalue weighted by atomic mass is 19.1. The predicted molar refractivity (Wildman–Crippen MR) is 79.3 cm³/mol. The van der Waals surface area contributed by atoms with Gasteiger partial charge in [-0.05, 0) is 44.4 Å². The van der Waals surface area contributed by atoms with Gasteiger partial charge in [0.15, 0.2) is 5.76 Å². The maximum Gasteiger partial charge on any atom is 0.290 e. The molecule has 0 bridgehead atoms. The molecular weight excluding hydrogens is 285 g/mol. The van der Waals surface area contributed by atoms with Crippen LogP contribution >= 0.6 is 0 Å². The van der Waals surface area contributed by atoms with E-state index in [-0.39, 0.29) is 23.9 Å². The van der Waals surface area contributed by atoms with Crippen LogP contribution < -0.4 is 0 Å². The SMILES string of the molecule is Cc1c(C(=O)N2CCOC3CCCC32)oc2ccc(F)cc12. The number of ether oxygens (including phenoxy) is 1. The predicted octanol–water partition coefficient (Wildman–Crippen LogP) is 3.27. The van der Waals surface area contributed by atoms with Crippen LogP contribution in [0, 0.1) is 12.7 Å². The molecule has 1 aliphatic carbocycles. The van der Waals surface area contributed by atoms with Crippen molar-refractivity contribution in [2.75, 3.05) is 13.2 Å². The van der Waals surface area contributed by atoms with E-state index in [9.17, 15) is 9.18 Å². The number of amides is 1. The first-order valence-electron chi connectivity index (χ1n) is 7.76. The molecule has 2 atom stereocenters. The molecule has 2 unspecified atom stereocenters. The van der Waals surface area contributed by atoms with Crippen molar-refractivity contribution >= 4 is 16.9 Å². The number of benzene rings is 1. The molecule has 2 heterocycles. The molecule has 1 saturated heterocycles. The number of hydrogen-bond donors (Lipinski definition) is 0. The van der Waals surface area contributed by atoms with E-state index in [0.29, 0.717) is 35.4 Å². The highest BCUT2D eigenvalue weighted by molar-refractivity contribution is 5.99. The van der Waals surface area contributed by atoms with Crippen molar-refractivity contribution in [1.29, 1.82) is 0 Å². The number of fused-ring (bicyclic) bond motifs is 2. The Kier molecular flexibility index (Phi) is 3.18. The fourth-order valence-electron chi connectivity index (χ4n) is 3.71. The molecule has 4 nitrogen and oxygen atoms in total. The number of morpholine rings is 1. The smallest absolute Gasteiger partial charge is 0.290 e. The van der Waals surface area contributed by atoms with E-state index in [0.717, 1.165) is 19.3 Å². The van der Waals surface area contributed by atoms with Crippen molar-refractivity contribution in [2.45, 2.75) is 38.3 Å². The zero-order valence-corrected chi connectivity index (χ0v) is 12.5. The van der Waals surface area contributed by atoms with Crippen LogP contribution in [0.5, 0.6) is 0 Å². The Hall–Kier alpha value is -1.88. The summed E-state index contributed by atoms with van der Waals surface area (Å²) in [5, 5.41) is 0.666. The van der Waals surface area contributed by atoms with Crippen molar-refractivity contribution in [3.05, 3.63) is 35.3 Å². The number of nitrogens with zero attached hydrogens (tertiary/aromatic N) is 1. The first-order chi connectivity index (χ1) is 10.6. The standard InChI is InChI=1S/C17H18FNO3/c1-10-12-9-11(18)5-6-14(12)22-16(10)17(20)19-7-8-21-15-4-2-3-13(15)19/h5-6,9,13,15H,2-4,7-8H2,1H3. The number of furan rings is 1. The number of rotatable bonds is 1. The molecule has 1 amide bonds. The molecule has 2 fully saturated rings. The second-order valence-corrected chi connectivity index (χ2v) is 6.10. The third-order valence-corrected chi connectivity index (χ3v) is 4.84. The van der Waals surface area contributed by atoms with E-state index in [2.05, 4.69) is 0 Å². The Morgan fingerprint density at radius 1 is 1.36 bits per heavy atom. The first kappa shape index (κ1) is 13.8. The van der Waals surface area contributed by atoms with Crippen molar-refractivity contribution < 1.29 is 18.3 Å². The molecule has 4 rings (SSSR count). The lowest BCUT2D eigenvalue weighted by Gasteiger charge is -2.37. The second kappa shape index (κ2) is 5.09. The fraction of sp³-hybridized carbons (Fsp3) is 0.471. The summed E-state index contributed by atoms with van der Waals surface area (Å²) in [7, 11) is 0. The quantitative estimate of drug-likeness (QED) is 0.812. The first-order valence-corrected chi connectivity index (χ1v) is 7.76. The summed E-state index contributed by atoms with van der Waals surface area (Å²) in [6, 6.07) is 4.49. The lowest BCUT2D eigenvalue weighted by Crippen LogP contribution is -2.51. The van der Waals surface area contributed by atoms with Gasteiger partial charge in [-0.15, -0.1) is 0 Å². The molecule has 0 N–H and O–H groups in total. The Bertz CT molecular complexity index is 739. The topological polar surface area (TPSA) is 42.7 Å². The molecule has 22 heavy (non-hydrogen) atoms. The van der Waals surface area contributed by atoms with E-state index in [1.807, 2.05) is 11.8 Å². The molecular formula is C17H18FNO3. The average Bonchev–Trinajstić information content (AvgIpc) is 3.11. The van der Waals surface area contributed by atoms with Crippen LogP contribution in [0.25, 0.3) is 11.0 Å². The summed E-state index contributed by atoms with van der Waals surface area (Å²) in [6.07, 6.45) is 3.23. The summed E-state index contributed by atoms with van der Waals surface area (Å²) in [5.74, 6) is -0.0971. The Morgan fingerprint density at radius 3 is 3.09 bits per heavy atom. The van der Waals surface area contributed by atoms with Crippen LogP contribution in [-0.2, 0) is 4.74 Å². The molecule has 0 spiro atoms. The molecule has 5 heteroatoms. The Labute approximate surface area is 127 Å². The van der Waals surface area contributed by atoms with Crippen molar-refractivity contribution in [2.24, 2.45) is 0 Å². The fourth-order valence-corrected chi connectivity index (χ4v) is 3.71. The lowest BCUT2D eigenvalue weighted by molar-refractivity contribution is -0.0454. The van der Waals surface area contributed by atoms with Gasteiger partial charge in [-0.1, -0.05) is 0 Å². The van der Waals surface area contributed by atoms with E-state index in [1.165, 1.54) is 12.1 Å². The van der Waals surface area contributed by atoms with Crippen molar-refractivity contribution in [1.82, 2.24) is 4.90 Å². The van der Waals surface area contributed by atoms with Gasteiger partial charge in [0, 0.05) is 17.5 Å². The molecule has 2 aliphatic rings.